The van der Waals surface area contributed by atoms with Crippen LogP contribution in [0.4, 0.5) is 0 Å². The number of benzene rings is 1. The lowest BCUT2D eigenvalue weighted by atomic mass is 10.1. The smallest absolute Gasteiger partial charge is 0.241 e. The summed E-state index contributed by atoms with van der Waals surface area (Å²) in [5.74, 6) is 0. The number of rotatable bonds is 5. The van der Waals surface area contributed by atoms with Crippen LogP contribution in [0.1, 0.15) is 23.4 Å². The van der Waals surface area contributed by atoms with Crippen molar-refractivity contribution in [2.45, 2.75) is 24.4 Å². The lowest BCUT2D eigenvalue weighted by Gasteiger charge is -2.15. The highest BCUT2D eigenvalue weighted by Crippen LogP contribution is 2.28. The first kappa shape index (κ1) is 16.7. The largest absolute Gasteiger partial charge is 0.326 e. The molecular formula is C13H14Cl2N2O2S2. The molecule has 0 aliphatic carbocycles. The van der Waals surface area contributed by atoms with Crippen LogP contribution in [0.2, 0.25) is 10.0 Å². The Balaban J connectivity index is 2.23. The SMILES string of the molecule is CC(NS(=O)(=O)c1csc(CN)c1)c1ccc(Cl)cc1Cl. The maximum Gasteiger partial charge on any atom is 0.241 e. The topological polar surface area (TPSA) is 72.2 Å². The molecule has 2 aromatic rings. The van der Waals surface area contributed by atoms with E-state index in [1.807, 2.05) is 0 Å². The molecule has 1 aromatic carbocycles. The van der Waals surface area contributed by atoms with Crippen LogP contribution in [0.15, 0.2) is 34.5 Å². The Morgan fingerprint density at radius 1 is 1.33 bits per heavy atom. The van der Waals surface area contributed by atoms with Crippen molar-refractivity contribution in [3.63, 3.8) is 0 Å². The van der Waals surface area contributed by atoms with Gasteiger partial charge in [-0.2, -0.15) is 0 Å². The fourth-order valence-corrected chi connectivity index (χ4v) is 4.78. The van der Waals surface area contributed by atoms with E-state index >= 15 is 0 Å². The molecule has 0 bridgehead atoms. The van der Waals surface area contributed by atoms with Crippen LogP contribution >= 0.6 is 34.5 Å². The Morgan fingerprint density at radius 3 is 2.62 bits per heavy atom. The van der Waals surface area contributed by atoms with Gasteiger partial charge in [0.2, 0.25) is 10.0 Å². The third-order valence-electron chi connectivity index (χ3n) is 2.90. The van der Waals surface area contributed by atoms with Gasteiger partial charge in [0.15, 0.2) is 0 Å². The summed E-state index contributed by atoms with van der Waals surface area (Å²) in [6.45, 7) is 2.04. The zero-order chi connectivity index (χ0) is 15.6. The monoisotopic (exact) mass is 364 g/mol. The molecule has 0 aliphatic heterocycles. The minimum absolute atomic E-state index is 0.213. The fraction of sp³-hybridized carbons (Fsp3) is 0.231. The van der Waals surface area contributed by atoms with E-state index in [0.29, 0.717) is 22.2 Å². The summed E-state index contributed by atoms with van der Waals surface area (Å²) in [6.07, 6.45) is 0. The molecule has 1 aromatic heterocycles. The Bertz CT molecular complexity index is 744. The summed E-state index contributed by atoms with van der Waals surface area (Å²) >= 11 is 13.2. The molecule has 1 heterocycles. The van der Waals surface area contributed by atoms with Gasteiger partial charge in [-0.1, -0.05) is 29.3 Å². The molecule has 2 rings (SSSR count). The summed E-state index contributed by atoms with van der Waals surface area (Å²) in [4.78, 5) is 1.03. The molecule has 0 amide bonds. The molecule has 0 spiro atoms. The van der Waals surface area contributed by atoms with Gasteiger partial charge in [-0.3, -0.25) is 0 Å². The number of sulfonamides is 1. The third-order valence-corrected chi connectivity index (χ3v) is 6.09. The van der Waals surface area contributed by atoms with Gasteiger partial charge in [0.05, 0.1) is 4.90 Å². The van der Waals surface area contributed by atoms with E-state index in [4.69, 9.17) is 28.9 Å². The molecule has 21 heavy (non-hydrogen) atoms. The van der Waals surface area contributed by atoms with Gasteiger partial charge >= 0.3 is 0 Å². The van der Waals surface area contributed by atoms with Crippen molar-refractivity contribution in [2.24, 2.45) is 5.73 Å². The Labute approximate surface area is 137 Å². The summed E-state index contributed by atoms with van der Waals surface area (Å²) in [5.41, 5.74) is 6.16. The second kappa shape index (κ2) is 6.64. The minimum Gasteiger partial charge on any atom is -0.326 e. The van der Waals surface area contributed by atoms with Crippen molar-refractivity contribution >= 4 is 44.6 Å². The van der Waals surface area contributed by atoms with Gasteiger partial charge < -0.3 is 5.73 Å². The molecule has 0 saturated carbocycles. The highest BCUT2D eigenvalue weighted by molar-refractivity contribution is 7.89. The summed E-state index contributed by atoms with van der Waals surface area (Å²) < 4.78 is 27.2. The first-order valence-electron chi connectivity index (χ1n) is 6.08. The number of thiophene rings is 1. The van der Waals surface area contributed by atoms with Gasteiger partial charge in [0.1, 0.15) is 0 Å². The van der Waals surface area contributed by atoms with Crippen LogP contribution in [0.5, 0.6) is 0 Å². The standard InChI is InChI=1S/C13H14Cl2N2O2S2/c1-8(12-3-2-9(14)4-13(12)15)17-21(18,19)11-5-10(6-16)20-7-11/h2-5,7-8,17H,6,16H2,1H3. The van der Waals surface area contributed by atoms with Crippen molar-refractivity contribution in [3.8, 4) is 0 Å². The van der Waals surface area contributed by atoms with Crippen molar-refractivity contribution in [1.29, 1.82) is 0 Å². The average Bonchev–Trinajstić information content (AvgIpc) is 2.87. The van der Waals surface area contributed by atoms with Crippen molar-refractivity contribution in [1.82, 2.24) is 4.72 Å². The number of nitrogens with two attached hydrogens (primary N) is 1. The quantitative estimate of drug-likeness (QED) is 0.851. The van der Waals surface area contributed by atoms with Gasteiger partial charge in [-0.05, 0) is 30.7 Å². The van der Waals surface area contributed by atoms with E-state index in [-0.39, 0.29) is 4.90 Å². The van der Waals surface area contributed by atoms with Crippen LogP contribution in [0.25, 0.3) is 0 Å². The van der Waals surface area contributed by atoms with Gasteiger partial charge in [-0.15, -0.1) is 11.3 Å². The molecule has 1 unspecified atom stereocenters. The number of hydrogen-bond acceptors (Lipinski definition) is 4. The van der Waals surface area contributed by atoms with Crippen LogP contribution < -0.4 is 10.5 Å². The lowest BCUT2D eigenvalue weighted by Crippen LogP contribution is -2.26. The van der Waals surface area contributed by atoms with Gasteiger partial charge in [0, 0.05) is 32.9 Å². The second-order valence-electron chi connectivity index (χ2n) is 4.46. The summed E-state index contributed by atoms with van der Waals surface area (Å²) in [5, 5.41) is 2.50. The van der Waals surface area contributed by atoms with E-state index < -0.39 is 16.1 Å². The van der Waals surface area contributed by atoms with E-state index in [9.17, 15) is 8.42 Å². The van der Waals surface area contributed by atoms with Crippen LogP contribution in [0, 0.1) is 0 Å². The van der Waals surface area contributed by atoms with Crippen LogP contribution in [-0.2, 0) is 16.6 Å². The molecule has 1 atom stereocenters. The second-order valence-corrected chi connectivity index (χ2v) is 8.02. The maximum absolute atomic E-state index is 12.3. The molecule has 4 nitrogen and oxygen atoms in total. The van der Waals surface area contributed by atoms with E-state index in [2.05, 4.69) is 4.72 Å². The summed E-state index contributed by atoms with van der Waals surface area (Å²) in [7, 11) is -3.61. The van der Waals surface area contributed by atoms with Gasteiger partial charge in [0.25, 0.3) is 0 Å². The van der Waals surface area contributed by atoms with Crippen molar-refractivity contribution < 1.29 is 8.42 Å². The Morgan fingerprint density at radius 2 is 2.05 bits per heavy atom. The highest BCUT2D eigenvalue weighted by Gasteiger charge is 2.21. The number of halogens is 2. The van der Waals surface area contributed by atoms with E-state index in [1.165, 1.54) is 11.3 Å². The molecule has 0 aliphatic rings. The molecule has 8 heteroatoms. The molecule has 0 radical (unpaired) electrons. The van der Waals surface area contributed by atoms with Crippen LogP contribution in [0.3, 0.4) is 0 Å². The Hall–Kier alpha value is -0.630. The van der Waals surface area contributed by atoms with E-state index in [0.717, 1.165) is 4.88 Å². The minimum atomic E-state index is -3.61. The molecule has 0 saturated heterocycles. The molecule has 3 N–H and O–H groups in total. The molecular weight excluding hydrogens is 351 g/mol. The number of nitrogens with one attached hydrogen (secondary N) is 1. The Kier molecular flexibility index (Phi) is 5.29. The van der Waals surface area contributed by atoms with E-state index in [1.54, 1.807) is 36.6 Å². The van der Waals surface area contributed by atoms with Crippen molar-refractivity contribution in [2.75, 3.05) is 0 Å². The fourth-order valence-electron chi connectivity index (χ4n) is 1.83. The lowest BCUT2D eigenvalue weighted by molar-refractivity contribution is 0.567. The first-order valence-corrected chi connectivity index (χ1v) is 9.20. The average molecular weight is 365 g/mol. The number of hydrogen-bond donors (Lipinski definition) is 2. The molecule has 114 valence electrons. The van der Waals surface area contributed by atoms with Crippen molar-refractivity contribution in [3.05, 3.63) is 50.1 Å². The maximum atomic E-state index is 12.3. The zero-order valence-corrected chi connectivity index (χ0v) is 14.3. The first-order chi connectivity index (χ1) is 9.83. The van der Waals surface area contributed by atoms with Crippen LogP contribution in [-0.4, -0.2) is 8.42 Å². The normalized spacial score (nSPS) is 13.3. The highest BCUT2D eigenvalue weighted by atomic mass is 35.5. The predicted molar refractivity (Wildman–Crippen MR) is 87.4 cm³/mol. The third kappa shape index (κ3) is 3.97. The van der Waals surface area contributed by atoms with Gasteiger partial charge in [-0.25, -0.2) is 13.1 Å². The molecule has 0 fully saturated rings. The summed E-state index contributed by atoms with van der Waals surface area (Å²) in [6, 6.07) is 6.06. The zero-order valence-electron chi connectivity index (χ0n) is 11.1. The predicted octanol–water partition coefficient (Wildman–Crippen LogP) is 3.55.